The first-order chi connectivity index (χ1) is 13.5. The van der Waals surface area contributed by atoms with Gasteiger partial charge in [-0.2, -0.15) is 0 Å². The van der Waals surface area contributed by atoms with Crippen LogP contribution in [0.15, 0.2) is 35.6 Å². The molecule has 8 heteroatoms. The van der Waals surface area contributed by atoms with Crippen LogP contribution in [0, 0.1) is 0 Å². The monoisotopic (exact) mass is 407 g/mol. The number of aromatic nitrogens is 2. The Bertz CT molecular complexity index is 895. The van der Waals surface area contributed by atoms with E-state index in [9.17, 15) is 8.42 Å². The van der Waals surface area contributed by atoms with Gasteiger partial charge in [-0.1, -0.05) is 25.1 Å². The van der Waals surface area contributed by atoms with Crippen LogP contribution in [0.2, 0.25) is 0 Å². The number of imidazole rings is 1. The zero-order valence-corrected chi connectivity index (χ0v) is 17.6. The van der Waals surface area contributed by atoms with Crippen molar-refractivity contribution in [3.05, 3.63) is 41.7 Å². The zero-order valence-electron chi connectivity index (χ0n) is 16.8. The number of para-hydroxylation sites is 1. The van der Waals surface area contributed by atoms with Gasteiger partial charge in [0, 0.05) is 31.8 Å². The number of rotatable bonds is 9. The van der Waals surface area contributed by atoms with Crippen molar-refractivity contribution in [3.8, 4) is 5.75 Å². The molecule has 2 heterocycles. The van der Waals surface area contributed by atoms with Crippen molar-refractivity contribution in [1.29, 1.82) is 0 Å². The second-order valence-corrected chi connectivity index (χ2v) is 9.12. The van der Waals surface area contributed by atoms with Crippen LogP contribution in [0.4, 0.5) is 0 Å². The highest BCUT2D eigenvalue weighted by Crippen LogP contribution is 2.37. The third-order valence-electron chi connectivity index (χ3n) is 5.31. The summed E-state index contributed by atoms with van der Waals surface area (Å²) in [6.45, 7) is 4.13. The van der Waals surface area contributed by atoms with Gasteiger partial charge in [0.1, 0.15) is 5.75 Å². The van der Waals surface area contributed by atoms with Gasteiger partial charge in [0.05, 0.1) is 31.4 Å². The summed E-state index contributed by atoms with van der Waals surface area (Å²) in [5.74, 6) is 0.922. The zero-order chi connectivity index (χ0) is 20.1. The Kier molecular flexibility index (Phi) is 6.74. The Hall–Kier alpha value is -1.90. The van der Waals surface area contributed by atoms with Crippen molar-refractivity contribution < 1.29 is 17.9 Å². The third kappa shape index (κ3) is 4.24. The van der Waals surface area contributed by atoms with E-state index in [2.05, 4.69) is 16.0 Å². The first-order valence-electron chi connectivity index (χ1n) is 9.64. The van der Waals surface area contributed by atoms with Crippen LogP contribution in [0.5, 0.6) is 5.75 Å². The average Bonchev–Trinajstić information content (AvgIpc) is 3.34. The van der Waals surface area contributed by atoms with Gasteiger partial charge in [-0.15, -0.1) is 0 Å². The Morgan fingerprint density at radius 3 is 2.75 bits per heavy atom. The maximum atomic E-state index is 12.5. The molecule has 1 aliphatic heterocycles. The summed E-state index contributed by atoms with van der Waals surface area (Å²) in [6.07, 6.45) is 3.83. The molecule has 1 fully saturated rings. The molecule has 0 unspecified atom stereocenters. The van der Waals surface area contributed by atoms with E-state index in [4.69, 9.17) is 9.47 Å². The fourth-order valence-corrected chi connectivity index (χ4v) is 4.85. The molecule has 0 bridgehead atoms. The third-order valence-corrected chi connectivity index (χ3v) is 6.95. The fourth-order valence-electron chi connectivity index (χ4n) is 3.83. The van der Waals surface area contributed by atoms with Crippen molar-refractivity contribution in [2.24, 2.45) is 0 Å². The van der Waals surface area contributed by atoms with E-state index >= 15 is 0 Å². The van der Waals surface area contributed by atoms with E-state index in [1.807, 2.05) is 18.2 Å². The van der Waals surface area contributed by atoms with Crippen molar-refractivity contribution in [1.82, 2.24) is 14.5 Å². The number of benzene rings is 1. The van der Waals surface area contributed by atoms with Crippen molar-refractivity contribution in [2.45, 2.75) is 44.1 Å². The number of likely N-dealkylation sites (tertiary alicyclic amines) is 1. The van der Waals surface area contributed by atoms with Crippen LogP contribution in [0.3, 0.4) is 0 Å². The molecule has 7 nitrogen and oxygen atoms in total. The van der Waals surface area contributed by atoms with Crippen LogP contribution in [0.25, 0.3) is 0 Å². The SMILES string of the molecule is CCS(=O)(=O)c1ncc(CN2CCC[C@@H]2c2ccccc2OC)n1CCOC. The topological polar surface area (TPSA) is 73.7 Å². The molecule has 2 aromatic rings. The number of hydrogen-bond donors (Lipinski definition) is 0. The summed E-state index contributed by atoms with van der Waals surface area (Å²) >= 11 is 0. The molecule has 1 aromatic heterocycles. The van der Waals surface area contributed by atoms with Gasteiger partial charge >= 0.3 is 0 Å². The second-order valence-electron chi connectivity index (χ2n) is 6.95. The molecule has 3 rings (SSSR count). The number of methoxy groups -OCH3 is 2. The van der Waals surface area contributed by atoms with Crippen LogP contribution >= 0.6 is 0 Å². The predicted octanol–water partition coefficient (Wildman–Crippen LogP) is 2.67. The molecule has 1 saturated heterocycles. The van der Waals surface area contributed by atoms with Gasteiger partial charge in [0.2, 0.25) is 15.0 Å². The minimum absolute atomic E-state index is 0.0317. The number of ether oxygens (including phenoxy) is 2. The standard InChI is InChI=1S/C20H29N3O4S/c1-4-28(24,25)20-21-14-16(23(20)12-13-26-2)15-22-11-7-9-18(22)17-8-5-6-10-19(17)27-3/h5-6,8,10,14,18H,4,7,9,11-13,15H2,1-3H3/t18-/m1/s1. The van der Waals surface area contributed by atoms with Gasteiger partial charge in [0.15, 0.2) is 0 Å². The molecule has 1 aliphatic rings. The summed E-state index contributed by atoms with van der Waals surface area (Å²) in [5, 5.41) is 0.134. The minimum Gasteiger partial charge on any atom is -0.496 e. The second kappa shape index (κ2) is 9.07. The Morgan fingerprint density at radius 1 is 1.25 bits per heavy atom. The first kappa shape index (κ1) is 20.8. The molecule has 0 spiro atoms. The van der Waals surface area contributed by atoms with Crippen LogP contribution in [0.1, 0.15) is 37.1 Å². The number of nitrogens with zero attached hydrogens (tertiary/aromatic N) is 3. The highest BCUT2D eigenvalue weighted by atomic mass is 32.2. The predicted molar refractivity (Wildman–Crippen MR) is 107 cm³/mol. The van der Waals surface area contributed by atoms with Crippen LogP contribution in [-0.2, 0) is 27.7 Å². The van der Waals surface area contributed by atoms with Crippen LogP contribution in [-0.4, -0.2) is 56.0 Å². The number of sulfone groups is 1. The highest BCUT2D eigenvalue weighted by Gasteiger charge is 2.30. The molecule has 1 atom stereocenters. The largest absolute Gasteiger partial charge is 0.496 e. The Labute approximate surface area is 167 Å². The number of hydrogen-bond acceptors (Lipinski definition) is 6. The lowest BCUT2D eigenvalue weighted by Gasteiger charge is -2.26. The van der Waals surface area contributed by atoms with E-state index in [1.54, 1.807) is 31.9 Å². The van der Waals surface area contributed by atoms with Gasteiger partial charge in [0.25, 0.3) is 0 Å². The van der Waals surface area contributed by atoms with Gasteiger partial charge < -0.3 is 14.0 Å². The minimum atomic E-state index is -3.39. The maximum absolute atomic E-state index is 12.5. The Balaban J connectivity index is 1.90. The molecular formula is C20H29N3O4S. The molecular weight excluding hydrogens is 378 g/mol. The summed E-state index contributed by atoms with van der Waals surface area (Å²) in [4.78, 5) is 6.63. The van der Waals surface area contributed by atoms with E-state index in [1.165, 1.54) is 5.56 Å². The lowest BCUT2D eigenvalue weighted by atomic mass is 10.0. The molecule has 0 aliphatic carbocycles. The van der Waals surface area contributed by atoms with Gasteiger partial charge in [-0.3, -0.25) is 4.90 Å². The van der Waals surface area contributed by atoms with E-state index in [0.29, 0.717) is 19.7 Å². The highest BCUT2D eigenvalue weighted by molar-refractivity contribution is 7.91. The van der Waals surface area contributed by atoms with Crippen molar-refractivity contribution in [2.75, 3.05) is 33.1 Å². The van der Waals surface area contributed by atoms with Gasteiger partial charge in [-0.05, 0) is 25.5 Å². The summed E-state index contributed by atoms with van der Waals surface area (Å²) in [7, 11) is -0.0825. The molecule has 1 aromatic carbocycles. The van der Waals surface area contributed by atoms with E-state index in [-0.39, 0.29) is 17.0 Å². The summed E-state index contributed by atoms with van der Waals surface area (Å²) < 4.78 is 37.4. The molecule has 0 saturated carbocycles. The molecule has 28 heavy (non-hydrogen) atoms. The quantitative estimate of drug-likeness (QED) is 0.636. The summed E-state index contributed by atoms with van der Waals surface area (Å²) in [6, 6.07) is 8.34. The summed E-state index contributed by atoms with van der Waals surface area (Å²) in [5.41, 5.74) is 2.07. The van der Waals surface area contributed by atoms with Crippen molar-refractivity contribution >= 4 is 9.84 Å². The first-order valence-corrected chi connectivity index (χ1v) is 11.3. The van der Waals surface area contributed by atoms with Gasteiger partial charge in [-0.25, -0.2) is 13.4 Å². The molecule has 0 radical (unpaired) electrons. The van der Waals surface area contributed by atoms with E-state index in [0.717, 1.165) is 30.8 Å². The lowest BCUT2D eigenvalue weighted by molar-refractivity contribution is 0.180. The van der Waals surface area contributed by atoms with Crippen LogP contribution < -0.4 is 4.74 Å². The normalized spacial score (nSPS) is 17.9. The molecule has 0 amide bonds. The smallest absolute Gasteiger partial charge is 0.227 e. The molecule has 154 valence electrons. The lowest BCUT2D eigenvalue weighted by Crippen LogP contribution is -2.26. The maximum Gasteiger partial charge on any atom is 0.227 e. The average molecular weight is 408 g/mol. The van der Waals surface area contributed by atoms with E-state index < -0.39 is 9.84 Å². The Morgan fingerprint density at radius 2 is 2.04 bits per heavy atom. The molecule has 0 N–H and O–H groups in total. The van der Waals surface area contributed by atoms with Crippen molar-refractivity contribution in [3.63, 3.8) is 0 Å². The fraction of sp³-hybridized carbons (Fsp3) is 0.550.